The summed E-state index contributed by atoms with van der Waals surface area (Å²) in [5, 5.41) is 10.3. The van der Waals surface area contributed by atoms with Gasteiger partial charge in [-0.25, -0.2) is 4.79 Å². The Hall–Kier alpha value is -0.930. The van der Waals surface area contributed by atoms with Crippen molar-refractivity contribution in [3.05, 3.63) is 28.2 Å². The fourth-order valence-corrected chi connectivity index (χ4v) is 2.44. The predicted molar refractivity (Wildman–Crippen MR) is 75.8 cm³/mol. The summed E-state index contributed by atoms with van der Waals surface area (Å²) < 4.78 is 0. The number of nitrogens with zero attached hydrogens (tertiary/aromatic N) is 1. The maximum Gasteiger partial charge on any atom is 0.326 e. The van der Waals surface area contributed by atoms with E-state index in [1.165, 1.54) is 0 Å². The molecule has 0 spiro atoms. The van der Waals surface area contributed by atoms with Crippen LogP contribution in [0.15, 0.2) is 18.2 Å². The normalized spacial score (nSPS) is 12.2. The van der Waals surface area contributed by atoms with E-state index >= 15 is 0 Å². The fraction of sp³-hybridized carbons (Fsp3) is 0.462. The second-order valence-corrected chi connectivity index (χ2v) is 4.90. The molecule has 5 heteroatoms. The van der Waals surface area contributed by atoms with Crippen LogP contribution in [0.3, 0.4) is 0 Å². The Morgan fingerprint density at radius 2 is 2.06 bits per heavy atom. The summed E-state index contributed by atoms with van der Waals surface area (Å²) in [6.07, 6.45) is 1.37. The van der Waals surface area contributed by atoms with E-state index in [2.05, 4.69) is 0 Å². The Kier molecular flexibility index (Phi) is 5.76. The first-order valence-electron chi connectivity index (χ1n) is 5.95. The summed E-state index contributed by atoms with van der Waals surface area (Å²) in [4.78, 5) is 13.1. The summed E-state index contributed by atoms with van der Waals surface area (Å²) in [5.74, 6) is -0.836. The lowest BCUT2D eigenvalue weighted by Gasteiger charge is -2.30. The zero-order valence-corrected chi connectivity index (χ0v) is 12.0. The van der Waals surface area contributed by atoms with Gasteiger partial charge in [-0.05, 0) is 31.0 Å². The maximum atomic E-state index is 11.3. The lowest BCUT2D eigenvalue weighted by atomic mass is 10.1. The van der Waals surface area contributed by atoms with Gasteiger partial charge in [-0.2, -0.15) is 0 Å². The minimum Gasteiger partial charge on any atom is -0.480 e. The van der Waals surface area contributed by atoms with Crippen LogP contribution in [0.1, 0.15) is 26.7 Å². The number of rotatable bonds is 6. The molecule has 0 aromatic heterocycles. The van der Waals surface area contributed by atoms with Crippen LogP contribution in [0.5, 0.6) is 0 Å². The number of hydrogen-bond donors (Lipinski definition) is 1. The molecule has 0 saturated heterocycles. The molecule has 100 valence electrons. The van der Waals surface area contributed by atoms with Crippen LogP contribution in [0.2, 0.25) is 10.0 Å². The van der Waals surface area contributed by atoms with Gasteiger partial charge in [0.1, 0.15) is 6.04 Å². The molecular weight excluding hydrogens is 273 g/mol. The molecule has 1 rings (SSSR count). The molecule has 0 amide bonds. The molecule has 1 unspecified atom stereocenters. The van der Waals surface area contributed by atoms with Crippen LogP contribution < -0.4 is 4.90 Å². The van der Waals surface area contributed by atoms with Gasteiger partial charge >= 0.3 is 5.97 Å². The molecule has 0 radical (unpaired) electrons. The van der Waals surface area contributed by atoms with Crippen molar-refractivity contribution in [1.29, 1.82) is 0 Å². The number of aliphatic carboxylic acids is 1. The topological polar surface area (TPSA) is 40.5 Å². The van der Waals surface area contributed by atoms with Crippen LogP contribution in [0, 0.1) is 0 Å². The maximum absolute atomic E-state index is 11.3. The molecule has 0 heterocycles. The van der Waals surface area contributed by atoms with E-state index < -0.39 is 12.0 Å². The molecule has 0 fully saturated rings. The van der Waals surface area contributed by atoms with E-state index in [0.717, 1.165) is 12.1 Å². The van der Waals surface area contributed by atoms with Crippen molar-refractivity contribution >= 4 is 34.9 Å². The summed E-state index contributed by atoms with van der Waals surface area (Å²) >= 11 is 12.0. The van der Waals surface area contributed by atoms with Gasteiger partial charge in [-0.15, -0.1) is 0 Å². The van der Waals surface area contributed by atoms with Gasteiger partial charge in [0, 0.05) is 11.6 Å². The Morgan fingerprint density at radius 3 is 2.50 bits per heavy atom. The summed E-state index contributed by atoms with van der Waals surface area (Å²) in [6.45, 7) is 4.50. The molecule has 0 aliphatic carbocycles. The highest BCUT2D eigenvalue weighted by Gasteiger charge is 2.24. The Labute approximate surface area is 117 Å². The highest BCUT2D eigenvalue weighted by atomic mass is 35.5. The van der Waals surface area contributed by atoms with Crippen molar-refractivity contribution in [3.63, 3.8) is 0 Å². The molecule has 0 aliphatic rings. The number of benzene rings is 1. The van der Waals surface area contributed by atoms with Gasteiger partial charge in [-0.1, -0.05) is 37.0 Å². The smallest absolute Gasteiger partial charge is 0.326 e. The molecule has 1 N–H and O–H groups in total. The third-order valence-electron chi connectivity index (χ3n) is 2.73. The minimum absolute atomic E-state index is 0.482. The predicted octanol–water partition coefficient (Wildman–Crippen LogP) is 4.07. The lowest BCUT2D eigenvalue weighted by molar-refractivity contribution is -0.138. The van der Waals surface area contributed by atoms with E-state index in [1.54, 1.807) is 18.2 Å². The van der Waals surface area contributed by atoms with Gasteiger partial charge in [0.25, 0.3) is 0 Å². The molecule has 18 heavy (non-hydrogen) atoms. The first-order chi connectivity index (χ1) is 8.51. The average molecular weight is 290 g/mol. The molecule has 0 saturated carbocycles. The number of halogens is 2. The fourth-order valence-electron chi connectivity index (χ4n) is 1.93. The lowest BCUT2D eigenvalue weighted by Crippen LogP contribution is -2.41. The van der Waals surface area contributed by atoms with Crippen LogP contribution in [0.4, 0.5) is 5.69 Å². The molecule has 1 aromatic rings. The van der Waals surface area contributed by atoms with Crippen LogP contribution in [0.25, 0.3) is 0 Å². The van der Waals surface area contributed by atoms with E-state index in [-0.39, 0.29) is 0 Å². The first-order valence-corrected chi connectivity index (χ1v) is 6.71. The monoisotopic (exact) mass is 289 g/mol. The van der Waals surface area contributed by atoms with Crippen LogP contribution in [-0.4, -0.2) is 23.7 Å². The van der Waals surface area contributed by atoms with Crippen molar-refractivity contribution in [1.82, 2.24) is 0 Å². The number of carboxylic acid groups (broad SMARTS) is 1. The largest absolute Gasteiger partial charge is 0.480 e. The SMILES string of the molecule is CCCN(c1ccc(Cl)cc1Cl)C(CC)C(=O)O. The molecule has 3 nitrogen and oxygen atoms in total. The third-order valence-corrected chi connectivity index (χ3v) is 3.27. The quantitative estimate of drug-likeness (QED) is 0.858. The van der Waals surface area contributed by atoms with E-state index in [1.807, 2.05) is 18.7 Å². The molecule has 0 aliphatic heterocycles. The zero-order valence-electron chi connectivity index (χ0n) is 10.5. The van der Waals surface area contributed by atoms with Gasteiger partial charge in [0.05, 0.1) is 10.7 Å². The van der Waals surface area contributed by atoms with Crippen molar-refractivity contribution in [2.75, 3.05) is 11.4 Å². The summed E-state index contributed by atoms with van der Waals surface area (Å²) in [7, 11) is 0. The summed E-state index contributed by atoms with van der Waals surface area (Å²) in [6, 6.07) is 4.56. The van der Waals surface area contributed by atoms with Gasteiger partial charge in [-0.3, -0.25) is 0 Å². The summed E-state index contributed by atoms with van der Waals surface area (Å²) in [5.41, 5.74) is 0.720. The number of hydrogen-bond acceptors (Lipinski definition) is 2. The van der Waals surface area contributed by atoms with Crippen LogP contribution >= 0.6 is 23.2 Å². The first kappa shape index (κ1) is 15.1. The van der Waals surface area contributed by atoms with Crippen LogP contribution in [-0.2, 0) is 4.79 Å². The molecule has 0 bridgehead atoms. The number of carboxylic acids is 1. The Balaban J connectivity index is 3.14. The molecule has 1 aromatic carbocycles. The van der Waals surface area contributed by atoms with Gasteiger partial charge in [0.2, 0.25) is 0 Å². The number of carbonyl (C=O) groups is 1. The van der Waals surface area contributed by atoms with Gasteiger partial charge < -0.3 is 10.0 Å². The van der Waals surface area contributed by atoms with E-state index in [4.69, 9.17) is 23.2 Å². The van der Waals surface area contributed by atoms with Crippen molar-refractivity contribution in [3.8, 4) is 0 Å². The minimum atomic E-state index is -0.836. The highest BCUT2D eigenvalue weighted by molar-refractivity contribution is 6.36. The van der Waals surface area contributed by atoms with Crippen molar-refractivity contribution in [2.24, 2.45) is 0 Å². The van der Waals surface area contributed by atoms with Crippen molar-refractivity contribution < 1.29 is 9.90 Å². The second-order valence-electron chi connectivity index (χ2n) is 4.05. The Morgan fingerprint density at radius 1 is 1.39 bits per heavy atom. The zero-order chi connectivity index (χ0) is 13.7. The highest BCUT2D eigenvalue weighted by Crippen LogP contribution is 2.30. The average Bonchev–Trinajstić information content (AvgIpc) is 2.28. The Bertz CT molecular complexity index is 423. The molecule has 1 atom stereocenters. The second kappa shape index (κ2) is 6.86. The third kappa shape index (κ3) is 3.53. The van der Waals surface area contributed by atoms with Gasteiger partial charge in [0.15, 0.2) is 0 Å². The molecular formula is C13H17Cl2NO2. The standard InChI is InChI=1S/C13H17Cl2NO2/c1-3-7-16(11(4-2)13(17)18)12-6-5-9(14)8-10(12)15/h5-6,8,11H,3-4,7H2,1-2H3,(H,17,18). The van der Waals surface area contributed by atoms with E-state index in [9.17, 15) is 9.90 Å². The number of anilines is 1. The van der Waals surface area contributed by atoms with Crippen molar-refractivity contribution in [2.45, 2.75) is 32.7 Å². The van der Waals surface area contributed by atoms with E-state index in [0.29, 0.717) is 23.0 Å².